The molecule has 0 saturated carbocycles. The molecule has 8 nitrogen and oxygen atoms in total. The van der Waals surface area contributed by atoms with E-state index < -0.39 is 6.09 Å². The van der Waals surface area contributed by atoms with Gasteiger partial charge in [0.05, 0.1) is 25.6 Å². The standard InChI is InChI=1S/C23H26N4O4/c1-29-20-4-2-3-16(9-20)14-31-23(28)27-21-6-5-18(19-12-25-26-13-19)10-22(21)30-15-17-7-8-24-11-17/h2-6,9-10,12-13,17,24H,7-8,11,14-15H2,1H3,(H,25,26)(H,27,28). The maximum absolute atomic E-state index is 12.4. The topological polar surface area (TPSA) is 97.5 Å². The second-order valence-electron chi connectivity index (χ2n) is 7.42. The summed E-state index contributed by atoms with van der Waals surface area (Å²) in [6.07, 6.45) is 4.09. The number of nitrogens with one attached hydrogen (secondary N) is 3. The number of nitrogens with zero attached hydrogens (tertiary/aromatic N) is 1. The number of hydrogen-bond acceptors (Lipinski definition) is 6. The number of amides is 1. The minimum absolute atomic E-state index is 0.139. The van der Waals surface area contributed by atoms with Gasteiger partial charge in [0.2, 0.25) is 0 Å². The minimum Gasteiger partial charge on any atom is -0.497 e. The number of benzene rings is 2. The molecule has 1 aliphatic heterocycles. The molecule has 1 amide bonds. The number of H-pyrrole nitrogens is 1. The predicted molar refractivity (Wildman–Crippen MR) is 117 cm³/mol. The second kappa shape index (κ2) is 9.99. The smallest absolute Gasteiger partial charge is 0.412 e. The van der Waals surface area contributed by atoms with Gasteiger partial charge in [-0.1, -0.05) is 18.2 Å². The fraction of sp³-hybridized carbons (Fsp3) is 0.304. The van der Waals surface area contributed by atoms with Crippen LogP contribution in [-0.2, 0) is 11.3 Å². The highest BCUT2D eigenvalue weighted by Gasteiger charge is 2.17. The van der Waals surface area contributed by atoms with Crippen molar-refractivity contribution < 1.29 is 19.0 Å². The molecule has 1 atom stereocenters. The Morgan fingerprint density at radius 2 is 2.16 bits per heavy atom. The predicted octanol–water partition coefficient (Wildman–Crippen LogP) is 3.82. The van der Waals surface area contributed by atoms with Crippen LogP contribution in [0.3, 0.4) is 0 Å². The van der Waals surface area contributed by atoms with Crippen molar-refractivity contribution in [3.05, 3.63) is 60.4 Å². The molecule has 1 aliphatic rings. The van der Waals surface area contributed by atoms with Gasteiger partial charge in [0, 0.05) is 24.2 Å². The van der Waals surface area contributed by atoms with E-state index in [0.29, 0.717) is 29.7 Å². The maximum atomic E-state index is 12.4. The third-order valence-electron chi connectivity index (χ3n) is 5.19. The van der Waals surface area contributed by atoms with E-state index in [4.69, 9.17) is 14.2 Å². The highest BCUT2D eigenvalue weighted by Crippen LogP contribution is 2.31. The average molecular weight is 422 g/mol. The Morgan fingerprint density at radius 3 is 2.94 bits per heavy atom. The maximum Gasteiger partial charge on any atom is 0.412 e. The van der Waals surface area contributed by atoms with Crippen molar-refractivity contribution in [3.63, 3.8) is 0 Å². The lowest BCUT2D eigenvalue weighted by atomic mass is 10.1. The van der Waals surface area contributed by atoms with Crippen molar-refractivity contribution >= 4 is 11.8 Å². The zero-order valence-corrected chi connectivity index (χ0v) is 17.4. The first-order valence-corrected chi connectivity index (χ1v) is 10.2. The van der Waals surface area contributed by atoms with Crippen LogP contribution >= 0.6 is 0 Å². The molecule has 162 valence electrons. The van der Waals surface area contributed by atoms with E-state index in [-0.39, 0.29) is 6.61 Å². The van der Waals surface area contributed by atoms with Crippen LogP contribution in [0.25, 0.3) is 11.1 Å². The summed E-state index contributed by atoms with van der Waals surface area (Å²) in [4.78, 5) is 12.4. The quantitative estimate of drug-likeness (QED) is 0.511. The lowest BCUT2D eigenvalue weighted by Gasteiger charge is -2.16. The molecule has 2 aromatic carbocycles. The molecule has 3 N–H and O–H groups in total. The van der Waals surface area contributed by atoms with Gasteiger partial charge in [-0.25, -0.2) is 4.79 Å². The molecule has 0 radical (unpaired) electrons. The first kappa shape index (κ1) is 20.7. The SMILES string of the molecule is COc1cccc(COC(=O)Nc2ccc(-c3cn[nH]c3)cc2OCC2CCNC2)c1. The third-order valence-corrected chi connectivity index (χ3v) is 5.19. The van der Waals surface area contributed by atoms with E-state index in [2.05, 4.69) is 20.8 Å². The average Bonchev–Trinajstić information content (AvgIpc) is 3.51. The summed E-state index contributed by atoms with van der Waals surface area (Å²) in [5, 5.41) is 13.0. The third kappa shape index (κ3) is 5.55. The summed E-state index contributed by atoms with van der Waals surface area (Å²) in [7, 11) is 1.60. The van der Waals surface area contributed by atoms with Crippen molar-refractivity contribution in [3.8, 4) is 22.6 Å². The zero-order valence-electron chi connectivity index (χ0n) is 17.4. The van der Waals surface area contributed by atoms with Crippen LogP contribution in [0.15, 0.2) is 54.9 Å². The van der Waals surface area contributed by atoms with Gasteiger partial charge in [0.15, 0.2) is 0 Å². The molecule has 0 spiro atoms. The lowest BCUT2D eigenvalue weighted by molar-refractivity contribution is 0.155. The van der Waals surface area contributed by atoms with E-state index in [1.165, 1.54) is 0 Å². The van der Waals surface area contributed by atoms with Crippen LogP contribution in [0.5, 0.6) is 11.5 Å². The Morgan fingerprint density at radius 1 is 1.23 bits per heavy atom. The summed E-state index contributed by atoms with van der Waals surface area (Å²) in [5.41, 5.74) is 3.30. The fourth-order valence-corrected chi connectivity index (χ4v) is 3.45. The Hall–Kier alpha value is -3.52. The van der Waals surface area contributed by atoms with E-state index in [9.17, 15) is 4.79 Å². The molecule has 0 aliphatic carbocycles. The highest BCUT2D eigenvalue weighted by atomic mass is 16.5. The molecule has 3 aromatic rings. The number of ether oxygens (including phenoxy) is 3. The minimum atomic E-state index is -0.550. The zero-order chi connectivity index (χ0) is 21.5. The van der Waals surface area contributed by atoms with E-state index in [1.54, 1.807) is 13.3 Å². The van der Waals surface area contributed by atoms with E-state index in [1.807, 2.05) is 48.7 Å². The van der Waals surface area contributed by atoms with Crippen LogP contribution in [0.4, 0.5) is 10.5 Å². The van der Waals surface area contributed by atoms with Gasteiger partial charge >= 0.3 is 6.09 Å². The molecular formula is C23H26N4O4. The number of rotatable bonds is 8. The van der Waals surface area contributed by atoms with Crippen LogP contribution in [0.2, 0.25) is 0 Å². The van der Waals surface area contributed by atoms with Gasteiger partial charge in [-0.3, -0.25) is 10.4 Å². The second-order valence-corrected chi connectivity index (χ2v) is 7.42. The monoisotopic (exact) mass is 422 g/mol. The number of carbonyl (C=O) groups excluding carboxylic acids is 1. The van der Waals surface area contributed by atoms with Crippen LogP contribution in [0, 0.1) is 5.92 Å². The molecule has 1 saturated heterocycles. The molecule has 1 fully saturated rings. The van der Waals surface area contributed by atoms with Crippen molar-refractivity contribution in [2.24, 2.45) is 5.92 Å². The summed E-state index contributed by atoms with van der Waals surface area (Å²) in [5.74, 6) is 1.77. The van der Waals surface area contributed by atoms with Crippen molar-refractivity contribution in [2.45, 2.75) is 13.0 Å². The number of aromatic nitrogens is 2. The molecule has 0 bridgehead atoms. The van der Waals surface area contributed by atoms with Crippen LogP contribution in [0.1, 0.15) is 12.0 Å². The van der Waals surface area contributed by atoms with Gasteiger partial charge in [-0.15, -0.1) is 0 Å². The van der Waals surface area contributed by atoms with Crippen molar-refractivity contribution in [1.82, 2.24) is 15.5 Å². The first-order chi connectivity index (χ1) is 15.2. The molecular weight excluding hydrogens is 396 g/mol. The number of hydrogen-bond donors (Lipinski definition) is 3. The lowest BCUT2D eigenvalue weighted by Crippen LogP contribution is -2.17. The van der Waals surface area contributed by atoms with Gasteiger partial charge in [0.25, 0.3) is 0 Å². The Labute approximate surface area is 180 Å². The number of methoxy groups -OCH3 is 1. The largest absolute Gasteiger partial charge is 0.497 e. The van der Waals surface area contributed by atoms with Gasteiger partial charge in [-0.2, -0.15) is 5.10 Å². The summed E-state index contributed by atoms with van der Waals surface area (Å²) < 4.78 is 16.7. The van der Waals surface area contributed by atoms with Crippen molar-refractivity contribution in [1.29, 1.82) is 0 Å². The molecule has 1 aromatic heterocycles. The number of aromatic amines is 1. The molecule has 1 unspecified atom stereocenters. The molecule has 8 heteroatoms. The first-order valence-electron chi connectivity index (χ1n) is 10.2. The molecule has 2 heterocycles. The van der Waals surface area contributed by atoms with Gasteiger partial charge in [0.1, 0.15) is 18.1 Å². The van der Waals surface area contributed by atoms with Crippen LogP contribution in [-0.4, -0.2) is 43.1 Å². The van der Waals surface area contributed by atoms with Gasteiger partial charge in [-0.05, 0) is 48.4 Å². The Balaban J connectivity index is 1.44. The summed E-state index contributed by atoms with van der Waals surface area (Å²) >= 11 is 0. The molecule has 4 rings (SSSR count). The fourth-order valence-electron chi connectivity index (χ4n) is 3.45. The normalized spacial score (nSPS) is 15.5. The highest BCUT2D eigenvalue weighted by molar-refractivity contribution is 5.87. The summed E-state index contributed by atoms with van der Waals surface area (Å²) in [6, 6.07) is 13.0. The Bertz CT molecular complexity index is 1000. The Kier molecular flexibility index (Phi) is 6.68. The van der Waals surface area contributed by atoms with Crippen molar-refractivity contribution in [2.75, 3.05) is 32.1 Å². The van der Waals surface area contributed by atoms with Gasteiger partial charge < -0.3 is 19.5 Å². The van der Waals surface area contributed by atoms with Crippen LogP contribution < -0.4 is 20.1 Å². The molecule has 31 heavy (non-hydrogen) atoms. The van der Waals surface area contributed by atoms with E-state index >= 15 is 0 Å². The van der Waals surface area contributed by atoms with E-state index in [0.717, 1.165) is 36.2 Å². The number of anilines is 1. The summed E-state index contributed by atoms with van der Waals surface area (Å²) in [6.45, 7) is 2.66. The number of carbonyl (C=O) groups is 1.